The molecular formula is C49H70FN3O3. The molecule has 5 fully saturated rings. The predicted molar refractivity (Wildman–Crippen MR) is 222 cm³/mol. The molecular weight excluding hydrogens is 698 g/mol. The molecule has 7 aliphatic rings. The second-order valence-electron chi connectivity index (χ2n) is 20.9. The van der Waals surface area contributed by atoms with E-state index in [2.05, 4.69) is 70.9 Å². The molecule has 6 nitrogen and oxygen atoms in total. The number of nitrogens with zero attached hydrogens (tertiary/aromatic N) is 1. The fourth-order valence-electron chi connectivity index (χ4n) is 15.1. The molecule has 306 valence electrons. The van der Waals surface area contributed by atoms with Crippen LogP contribution in [0.15, 0.2) is 65.8 Å². The van der Waals surface area contributed by atoms with Gasteiger partial charge in [-0.15, -0.1) is 0 Å². The third-order valence-electron chi connectivity index (χ3n) is 18.3. The summed E-state index contributed by atoms with van der Waals surface area (Å²) in [6.07, 6.45) is 17.5. The molecule has 2 amide bonds. The maximum Gasteiger partial charge on any atom is 0.317 e. The number of fused-ring (bicyclic) bond motifs is 7. The Morgan fingerprint density at radius 1 is 0.946 bits per heavy atom. The summed E-state index contributed by atoms with van der Waals surface area (Å²) in [7, 11) is 0. The zero-order chi connectivity index (χ0) is 39.7. The van der Waals surface area contributed by atoms with Crippen molar-refractivity contribution in [2.24, 2.45) is 56.7 Å². The molecule has 10 unspecified atom stereocenters. The Balaban J connectivity index is 1.01. The Labute approximate surface area is 336 Å². The van der Waals surface area contributed by atoms with Gasteiger partial charge < -0.3 is 20.3 Å². The second-order valence-corrected chi connectivity index (χ2v) is 20.9. The summed E-state index contributed by atoms with van der Waals surface area (Å²) in [6, 6.07) is 9.76. The van der Waals surface area contributed by atoms with Crippen molar-refractivity contribution in [2.45, 2.75) is 131 Å². The van der Waals surface area contributed by atoms with E-state index >= 15 is 0 Å². The van der Waals surface area contributed by atoms with Gasteiger partial charge in [-0.05, 0) is 152 Å². The van der Waals surface area contributed by atoms with Gasteiger partial charge in [-0.2, -0.15) is 0 Å². The quantitative estimate of drug-likeness (QED) is 0.184. The van der Waals surface area contributed by atoms with Crippen LogP contribution in [0.3, 0.4) is 0 Å². The zero-order valence-electron chi connectivity index (χ0n) is 35.4. The fraction of sp³-hybridized carbons (Fsp3) is 0.714. The van der Waals surface area contributed by atoms with Gasteiger partial charge in [-0.1, -0.05) is 89.3 Å². The lowest BCUT2D eigenvalue weighted by Gasteiger charge is -2.72. The van der Waals surface area contributed by atoms with E-state index in [1.807, 2.05) is 35.2 Å². The van der Waals surface area contributed by atoms with Gasteiger partial charge >= 0.3 is 12.0 Å². The molecule has 0 aromatic heterocycles. The van der Waals surface area contributed by atoms with Crippen molar-refractivity contribution in [3.63, 3.8) is 0 Å². The largest absolute Gasteiger partial charge is 0.460 e. The summed E-state index contributed by atoms with van der Waals surface area (Å²) in [4.78, 5) is 27.7. The number of nitrogens with one attached hydrogen (secondary N) is 2. The number of benzene rings is 1. The van der Waals surface area contributed by atoms with Gasteiger partial charge in [0.1, 0.15) is 13.3 Å². The number of halogens is 1. The molecule has 1 aliphatic heterocycles. The van der Waals surface area contributed by atoms with Crippen LogP contribution in [0.1, 0.15) is 124 Å². The van der Waals surface area contributed by atoms with Gasteiger partial charge in [0.25, 0.3) is 0 Å². The van der Waals surface area contributed by atoms with Crippen LogP contribution in [0.2, 0.25) is 0 Å². The van der Waals surface area contributed by atoms with Crippen molar-refractivity contribution >= 4 is 12.0 Å². The smallest absolute Gasteiger partial charge is 0.317 e. The summed E-state index contributed by atoms with van der Waals surface area (Å²) < 4.78 is 20.5. The van der Waals surface area contributed by atoms with Crippen LogP contribution in [0, 0.1) is 56.7 Å². The summed E-state index contributed by atoms with van der Waals surface area (Å²) in [5, 5.41) is 7.14. The van der Waals surface area contributed by atoms with E-state index in [4.69, 9.17) is 4.74 Å². The number of rotatable bonds is 10. The first-order chi connectivity index (χ1) is 26.6. The van der Waals surface area contributed by atoms with Crippen LogP contribution >= 0.6 is 0 Å². The number of urea groups is 1. The number of carbonyl (C=O) groups excluding carboxylic acids is 2. The highest BCUT2D eigenvalue weighted by Crippen LogP contribution is 2.76. The van der Waals surface area contributed by atoms with Crippen LogP contribution < -0.4 is 10.6 Å². The monoisotopic (exact) mass is 768 g/mol. The average molecular weight is 768 g/mol. The lowest BCUT2D eigenvalue weighted by atomic mass is 9.33. The Bertz CT molecular complexity index is 1770. The number of hydrogen-bond donors (Lipinski definition) is 2. The van der Waals surface area contributed by atoms with Gasteiger partial charge in [0.05, 0.1) is 5.41 Å². The van der Waals surface area contributed by atoms with E-state index in [-0.39, 0.29) is 39.8 Å². The Morgan fingerprint density at radius 2 is 1.73 bits per heavy atom. The van der Waals surface area contributed by atoms with E-state index in [0.717, 1.165) is 44.6 Å². The van der Waals surface area contributed by atoms with Crippen LogP contribution in [-0.2, 0) is 16.1 Å². The fourth-order valence-corrected chi connectivity index (χ4v) is 15.1. The van der Waals surface area contributed by atoms with Crippen molar-refractivity contribution in [3.05, 3.63) is 71.3 Å². The number of alkyl halides is 1. The SMILES string of the molecule is C=C(C)C1CCC2(NCCN3CCNC3=O)CCC3(C)C(CCC4C5(C)CC=C(C6=CCC(CF)(C(=O)OCc7ccccc7)CC6)C(C)(C)C5CCC43C)C12. The third kappa shape index (κ3) is 6.08. The van der Waals surface area contributed by atoms with Crippen LogP contribution in [0.4, 0.5) is 9.18 Å². The molecule has 0 bridgehead atoms. The minimum atomic E-state index is -1.09. The van der Waals surface area contributed by atoms with Crippen molar-refractivity contribution in [1.82, 2.24) is 15.5 Å². The summed E-state index contributed by atoms with van der Waals surface area (Å²) >= 11 is 0. The molecule has 2 N–H and O–H groups in total. The molecule has 56 heavy (non-hydrogen) atoms. The number of hydrogen-bond acceptors (Lipinski definition) is 4. The normalized spacial score (nSPS) is 41.3. The molecule has 1 saturated heterocycles. The first kappa shape index (κ1) is 39.9. The van der Waals surface area contributed by atoms with Gasteiger partial charge in [-0.25, -0.2) is 9.18 Å². The summed E-state index contributed by atoms with van der Waals surface area (Å²) in [6.45, 7) is 22.6. The Hall–Kier alpha value is -2.93. The molecule has 8 rings (SSSR count). The number of allylic oxidation sites excluding steroid dienone is 5. The second kappa shape index (κ2) is 14.4. The van der Waals surface area contributed by atoms with Crippen LogP contribution in [0.25, 0.3) is 0 Å². The molecule has 1 aromatic rings. The highest BCUT2D eigenvalue weighted by atomic mass is 19.1. The van der Waals surface area contributed by atoms with E-state index in [1.54, 1.807) is 0 Å². The highest BCUT2D eigenvalue weighted by molar-refractivity contribution is 5.78. The molecule has 1 aromatic carbocycles. The summed E-state index contributed by atoms with van der Waals surface area (Å²) in [5.74, 6) is 2.63. The van der Waals surface area contributed by atoms with Gasteiger partial charge in [0, 0.05) is 31.7 Å². The molecule has 0 radical (unpaired) electrons. The molecule has 0 spiro atoms. The number of esters is 1. The molecule has 10 atom stereocenters. The first-order valence-corrected chi connectivity index (χ1v) is 22.2. The minimum Gasteiger partial charge on any atom is -0.460 e. The van der Waals surface area contributed by atoms with Crippen molar-refractivity contribution in [1.29, 1.82) is 0 Å². The van der Waals surface area contributed by atoms with Gasteiger partial charge in [-0.3, -0.25) is 4.79 Å². The van der Waals surface area contributed by atoms with E-state index in [0.29, 0.717) is 42.4 Å². The predicted octanol–water partition coefficient (Wildman–Crippen LogP) is 10.4. The summed E-state index contributed by atoms with van der Waals surface area (Å²) in [5.41, 5.74) is 4.83. The molecule has 1 heterocycles. The van der Waals surface area contributed by atoms with Gasteiger partial charge in [0.2, 0.25) is 0 Å². The standard InChI is InChI=1S/C49H70FN3O3/c1-33(2)36-17-24-49(52-28-30-53-29-27-51-43(53)55)26-25-46(6)38(41(36)49)13-14-40-45(5)20-18-37(44(3,4)39(45)19-21-47(40,46)7)35-15-22-48(32-50,23-16-35)42(54)56-31-34-11-9-8-10-12-34/h8-12,15,18,36,38-41,52H,1,13-14,16-17,19-32H2,2-7H3,(H,51,55). The molecule has 6 aliphatic carbocycles. The molecule has 7 heteroatoms. The van der Waals surface area contributed by atoms with E-state index < -0.39 is 18.1 Å². The maximum atomic E-state index is 14.8. The lowest BCUT2D eigenvalue weighted by Crippen LogP contribution is -2.68. The topological polar surface area (TPSA) is 70.7 Å². The van der Waals surface area contributed by atoms with Gasteiger partial charge in [0.15, 0.2) is 0 Å². The highest BCUT2D eigenvalue weighted by Gasteiger charge is 2.70. The Morgan fingerprint density at radius 3 is 2.41 bits per heavy atom. The first-order valence-electron chi connectivity index (χ1n) is 22.2. The van der Waals surface area contributed by atoms with Crippen molar-refractivity contribution in [2.75, 3.05) is 32.9 Å². The minimum absolute atomic E-state index is 0.00413. The molecule has 4 saturated carbocycles. The zero-order valence-corrected chi connectivity index (χ0v) is 35.4. The maximum absolute atomic E-state index is 14.8. The Kier molecular flexibility index (Phi) is 10.3. The van der Waals surface area contributed by atoms with Crippen LogP contribution in [0.5, 0.6) is 0 Å². The van der Waals surface area contributed by atoms with Crippen molar-refractivity contribution in [3.8, 4) is 0 Å². The average Bonchev–Trinajstić information content (AvgIpc) is 3.78. The van der Waals surface area contributed by atoms with E-state index in [1.165, 1.54) is 68.1 Å². The number of carbonyl (C=O) groups is 2. The third-order valence-corrected chi connectivity index (χ3v) is 18.3. The number of ether oxygens (including phenoxy) is 1. The van der Waals surface area contributed by atoms with E-state index in [9.17, 15) is 14.0 Å². The lowest BCUT2D eigenvalue weighted by molar-refractivity contribution is -0.221. The van der Waals surface area contributed by atoms with Crippen molar-refractivity contribution < 1.29 is 18.7 Å². The number of amides is 2. The van der Waals surface area contributed by atoms with Crippen LogP contribution in [-0.4, -0.2) is 55.3 Å².